The standard InChI is InChI=1S/C16H19NSi/c1-18(2)10-6-9-14-11-15(17-12-16(14)18)13-7-4-3-5-8-13/h3-5,7-8,11-12H,6,9-10H2,1-2H3. The first kappa shape index (κ1) is 11.7. The minimum atomic E-state index is -1.20. The van der Waals surface area contributed by atoms with E-state index < -0.39 is 8.07 Å². The van der Waals surface area contributed by atoms with E-state index >= 15 is 0 Å². The quantitative estimate of drug-likeness (QED) is 0.708. The zero-order chi connectivity index (χ0) is 12.6. The van der Waals surface area contributed by atoms with Crippen LogP contribution in [0.15, 0.2) is 42.6 Å². The summed E-state index contributed by atoms with van der Waals surface area (Å²) in [4.78, 5) is 4.69. The van der Waals surface area contributed by atoms with Crippen LogP contribution >= 0.6 is 0 Å². The normalized spacial score (nSPS) is 17.2. The number of fused-ring (bicyclic) bond motifs is 1. The van der Waals surface area contributed by atoms with Crippen LogP contribution in [0, 0.1) is 0 Å². The van der Waals surface area contributed by atoms with E-state index in [1.807, 2.05) is 0 Å². The predicted octanol–water partition coefficient (Wildman–Crippen LogP) is 3.61. The molecule has 3 rings (SSSR count). The molecule has 1 nitrogen and oxygen atoms in total. The summed E-state index contributed by atoms with van der Waals surface area (Å²) < 4.78 is 0. The Morgan fingerprint density at radius 2 is 1.89 bits per heavy atom. The summed E-state index contributed by atoms with van der Waals surface area (Å²) in [6.45, 7) is 4.93. The Kier molecular flexibility index (Phi) is 2.82. The van der Waals surface area contributed by atoms with Crippen molar-refractivity contribution in [3.8, 4) is 11.3 Å². The van der Waals surface area contributed by atoms with Crippen LogP contribution in [0.5, 0.6) is 0 Å². The monoisotopic (exact) mass is 253 g/mol. The van der Waals surface area contributed by atoms with Crippen LogP contribution in [0.2, 0.25) is 19.1 Å². The summed E-state index contributed by atoms with van der Waals surface area (Å²) in [6.07, 6.45) is 4.74. The lowest BCUT2D eigenvalue weighted by molar-refractivity contribution is 0.886. The van der Waals surface area contributed by atoms with Gasteiger partial charge in [0, 0.05) is 11.8 Å². The van der Waals surface area contributed by atoms with Gasteiger partial charge in [0.2, 0.25) is 0 Å². The van der Waals surface area contributed by atoms with Crippen molar-refractivity contribution >= 4 is 13.3 Å². The van der Waals surface area contributed by atoms with Crippen LogP contribution in [0.4, 0.5) is 0 Å². The molecule has 18 heavy (non-hydrogen) atoms. The molecule has 2 heterocycles. The van der Waals surface area contributed by atoms with Gasteiger partial charge in [-0.3, -0.25) is 4.98 Å². The molecule has 2 aromatic rings. The largest absolute Gasteiger partial charge is 0.256 e. The molecule has 1 aromatic heterocycles. The summed E-state index contributed by atoms with van der Waals surface area (Å²) in [6, 6.07) is 14.2. The molecule has 0 bridgehead atoms. The van der Waals surface area contributed by atoms with E-state index in [-0.39, 0.29) is 0 Å². The van der Waals surface area contributed by atoms with Gasteiger partial charge in [0.1, 0.15) is 0 Å². The van der Waals surface area contributed by atoms with E-state index in [1.54, 1.807) is 10.8 Å². The minimum Gasteiger partial charge on any atom is -0.256 e. The van der Waals surface area contributed by atoms with E-state index in [1.165, 1.54) is 24.4 Å². The van der Waals surface area contributed by atoms with Crippen molar-refractivity contribution in [3.05, 3.63) is 48.2 Å². The predicted molar refractivity (Wildman–Crippen MR) is 79.9 cm³/mol. The second-order valence-corrected chi connectivity index (χ2v) is 10.6. The van der Waals surface area contributed by atoms with Gasteiger partial charge in [-0.15, -0.1) is 0 Å². The van der Waals surface area contributed by atoms with Gasteiger partial charge < -0.3 is 0 Å². The molecule has 0 amide bonds. The van der Waals surface area contributed by atoms with Crippen LogP contribution in [0.3, 0.4) is 0 Å². The third-order valence-corrected chi connectivity index (χ3v) is 7.55. The number of aromatic nitrogens is 1. The number of rotatable bonds is 1. The fraction of sp³-hybridized carbons (Fsp3) is 0.312. The molecule has 0 spiro atoms. The summed E-state index contributed by atoms with van der Waals surface area (Å²) in [5.41, 5.74) is 3.90. The van der Waals surface area contributed by atoms with Crippen LogP contribution in [0.1, 0.15) is 12.0 Å². The maximum Gasteiger partial charge on any atom is 0.0830 e. The lowest BCUT2D eigenvalue weighted by Gasteiger charge is -2.30. The molecular weight excluding hydrogens is 234 g/mol. The second kappa shape index (κ2) is 4.36. The Hall–Kier alpha value is -1.41. The van der Waals surface area contributed by atoms with E-state index in [0.717, 1.165) is 5.69 Å². The number of hydrogen-bond acceptors (Lipinski definition) is 1. The van der Waals surface area contributed by atoms with Gasteiger partial charge in [0.15, 0.2) is 0 Å². The molecule has 0 saturated heterocycles. The first-order valence-electron chi connectivity index (χ1n) is 6.72. The number of pyridine rings is 1. The lowest BCUT2D eigenvalue weighted by Crippen LogP contribution is -2.46. The Morgan fingerprint density at radius 1 is 1.11 bits per heavy atom. The lowest BCUT2D eigenvalue weighted by atomic mass is 10.1. The third kappa shape index (κ3) is 2.01. The topological polar surface area (TPSA) is 12.9 Å². The summed E-state index contributed by atoms with van der Waals surface area (Å²) in [5, 5.41) is 1.58. The van der Waals surface area contributed by atoms with E-state index in [0.29, 0.717) is 0 Å². The summed E-state index contributed by atoms with van der Waals surface area (Å²) in [7, 11) is -1.20. The molecule has 2 heteroatoms. The molecule has 0 atom stereocenters. The first-order chi connectivity index (χ1) is 8.67. The maximum absolute atomic E-state index is 4.69. The summed E-state index contributed by atoms with van der Waals surface area (Å²) >= 11 is 0. The van der Waals surface area contributed by atoms with Gasteiger partial charge in [-0.05, 0) is 23.2 Å². The highest BCUT2D eigenvalue weighted by Crippen LogP contribution is 2.25. The molecule has 1 aliphatic heterocycles. The number of nitrogens with zero attached hydrogens (tertiary/aromatic N) is 1. The van der Waals surface area contributed by atoms with Gasteiger partial charge in [-0.1, -0.05) is 55.9 Å². The molecule has 0 radical (unpaired) electrons. The zero-order valence-electron chi connectivity index (χ0n) is 11.1. The molecule has 0 fully saturated rings. The van der Waals surface area contributed by atoms with Crippen molar-refractivity contribution in [2.24, 2.45) is 0 Å². The number of hydrogen-bond donors (Lipinski definition) is 0. The highest BCUT2D eigenvalue weighted by molar-refractivity contribution is 6.90. The molecule has 0 unspecified atom stereocenters. The molecule has 0 saturated carbocycles. The SMILES string of the molecule is C[Si]1(C)CCCc2cc(-c3ccccc3)ncc21. The van der Waals surface area contributed by atoms with Crippen molar-refractivity contribution in [1.29, 1.82) is 0 Å². The van der Waals surface area contributed by atoms with Crippen LogP contribution in [-0.2, 0) is 6.42 Å². The fourth-order valence-corrected chi connectivity index (χ4v) is 5.75. The zero-order valence-corrected chi connectivity index (χ0v) is 12.1. The van der Waals surface area contributed by atoms with Crippen molar-refractivity contribution in [1.82, 2.24) is 4.98 Å². The minimum absolute atomic E-state index is 1.13. The highest BCUT2D eigenvalue weighted by Gasteiger charge is 2.29. The molecular formula is C16H19NSi. The summed E-state index contributed by atoms with van der Waals surface area (Å²) in [5.74, 6) is 0. The van der Waals surface area contributed by atoms with Gasteiger partial charge in [0.05, 0.1) is 13.8 Å². The van der Waals surface area contributed by atoms with Crippen molar-refractivity contribution < 1.29 is 0 Å². The Balaban J connectivity index is 2.07. The van der Waals surface area contributed by atoms with Gasteiger partial charge in [0.25, 0.3) is 0 Å². The smallest absolute Gasteiger partial charge is 0.0830 e. The Bertz CT molecular complexity index is 561. The third-order valence-electron chi connectivity index (χ3n) is 4.04. The Morgan fingerprint density at radius 3 is 2.67 bits per heavy atom. The number of aryl methyl sites for hydroxylation is 1. The van der Waals surface area contributed by atoms with E-state index in [4.69, 9.17) is 4.98 Å². The second-order valence-electron chi connectivity index (χ2n) is 5.83. The molecule has 0 N–H and O–H groups in total. The average molecular weight is 253 g/mol. The number of benzene rings is 1. The Labute approximate surface area is 110 Å². The van der Waals surface area contributed by atoms with Crippen LogP contribution in [0.25, 0.3) is 11.3 Å². The van der Waals surface area contributed by atoms with Crippen molar-refractivity contribution in [2.45, 2.75) is 32.0 Å². The van der Waals surface area contributed by atoms with Crippen molar-refractivity contribution in [3.63, 3.8) is 0 Å². The first-order valence-corrected chi connectivity index (χ1v) is 9.92. The molecule has 1 aromatic carbocycles. The molecule has 0 aliphatic carbocycles. The molecule has 1 aliphatic rings. The van der Waals surface area contributed by atoms with Gasteiger partial charge >= 0.3 is 0 Å². The van der Waals surface area contributed by atoms with Gasteiger partial charge in [-0.25, -0.2) is 0 Å². The maximum atomic E-state index is 4.69. The average Bonchev–Trinajstić information content (AvgIpc) is 2.39. The van der Waals surface area contributed by atoms with E-state index in [9.17, 15) is 0 Å². The van der Waals surface area contributed by atoms with E-state index in [2.05, 4.69) is 55.7 Å². The molecule has 92 valence electrons. The van der Waals surface area contributed by atoms with Gasteiger partial charge in [-0.2, -0.15) is 0 Å². The van der Waals surface area contributed by atoms with Crippen molar-refractivity contribution in [2.75, 3.05) is 0 Å². The van der Waals surface area contributed by atoms with Crippen LogP contribution in [-0.4, -0.2) is 13.1 Å². The highest BCUT2D eigenvalue weighted by atomic mass is 28.3. The van der Waals surface area contributed by atoms with Crippen LogP contribution < -0.4 is 5.19 Å². The fourth-order valence-electron chi connectivity index (χ4n) is 2.94.